The molecule has 0 atom stereocenters. The lowest BCUT2D eigenvalue weighted by Gasteiger charge is -2.06. The Morgan fingerprint density at radius 2 is 1.82 bits per heavy atom. The number of nitrogens with one attached hydrogen (secondary N) is 2. The number of benzene rings is 1. The smallest absolute Gasteiger partial charge is 0.182 e. The van der Waals surface area contributed by atoms with Gasteiger partial charge in [-0.3, -0.25) is 10.9 Å². The fraction of sp³-hybridized carbons (Fsp3) is 0. The lowest BCUT2D eigenvalue weighted by atomic mass is 10.1. The average Bonchev–Trinajstić information content (AvgIpc) is 2.38. The van der Waals surface area contributed by atoms with Crippen LogP contribution in [0.2, 0.25) is 0 Å². The van der Waals surface area contributed by atoms with Crippen molar-refractivity contribution in [3.8, 4) is 11.3 Å². The van der Waals surface area contributed by atoms with Crippen molar-refractivity contribution < 1.29 is 0 Å². The summed E-state index contributed by atoms with van der Waals surface area (Å²) in [5.74, 6) is 0.553. The average molecular weight is 245 g/mol. The maximum atomic E-state index is 5.27. The van der Waals surface area contributed by atoms with E-state index in [1.165, 1.54) is 0 Å². The number of rotatable bonds is 3. The predicted molar refractivity (Wildman–Crippen MR) is 71.0 cm³/mol. The maximum absolute atomic E-state index is 5.27. The van der Waals surface area contributed by atoms with E-state index in [0.717, 1.165) is 11.3 Å². The third-order valence-corrected chi connectivity index (χ3v) is 2.15. The fourth-order valence-corrected chi connectivity index (χ4v) is 1.34. The second-order valence-electron chi connectivity index (χ2n) is 3.28. The van der Waals surface area contributed by atoms with Crippen LogP contribution in [0.4, 0.5) is 5.82 Å². The molecule has 0 saturated heterocycles. The molecule has 1 aromatic heterocycles. The third kappa shape index (κ3) is 3.12. The first kappa shape index (κ1) is 11.3. The molecule has 0 radical (unpaired) electrons. The van der Waals surface area contributed by atoms with Crippen molar-refractivity contribution in [3.63, 3.8) is 0 Å². The molecule has 6 heteroatoms. The van der Waals surface area contributed by atoms with Crippen LogP contribution in [0.1, 0.15) is 0 Å². The van der Waals surface area contributed by atoms with Gasteiger partial charge in [-0.25, -0.2) is 0 Å². The van der Waals surface area contributed by atoms with Gasteiger partial charge in [-0.2, -0.15) is 0 Å². The SMILES string of the molecule is NC(=S)NNc1ccc(-c2ccccc2)nn1. The zero-order valence-electron chi connectivity index (χ0n) is 8.92. The van der Waals surface area contributed by atoms with E-state index in [9.17, 15) is 0 Å². The van der Waals surface area contributed by atoms with E-state index in [1.807, 2.05) is 36.4 Å². The molecule has 0 amide bonds. The Morgan fingerprint density at radius 1 is 1.06 bits per heavy atom. The minimum atomic E-state index is 0.152. The van der Waals surface area contributed by atoms with Crippen LogP contribution in [-0.2, 0) is 0 Å². The monoisotopic (exact) mass is 245 g/mol. The summed E-state index contributed by atoms with van der Waals surface area (Å²) in [4.78, 5) is 0. The van der Waals surface area contributed by atoms with E-state index in [2.05, 4.69) is 33.3 Å². The Morgan fingerprint density at radius 3 is 2.41 bits per heavy atom. The maximum Gasteiger partial charge on any atom is 0.182 e. The number of hydrogen-bond acceptors (Lipinski definition) is 4. The summed E-state index contributed by atoms with van der Waals surface area (Å²) in [6, 6.07) is 13.5. The molecule has 0 unspecified atom stereocenters. The van der Waals surface area contributed by atoms with E-state index < -0.39 is 0 Å². The molecule has 17 heavy (non-hydrogen) atoms. The Balaban J connectivity index is 2.11. The standard InChI is InChI=1S/C11H11N5S/c12-11(17)16-15-10-7-6-9(13-14-10)8-4-2-1-3-5-8/h1-7H,(H,14,15)(H3,12,16,17). The molecule has 4 N–H and O–H groups in total. The topological polar surface area (TPSA) is 75.9 Å². The van der Waals surface area contributed by atoms with Crippen molar-refractivity contribution >= 4 is 23.1 Å². The van der Waals surface area contributed by atoms with Gasteiger partial charge in [0.2, 0.25) is 0 Å². The van der Waals surface area contributed by atoms with E-state index in [4.69, 9.17) is 5.73 Å². The molecule has 86 valence electrons. The molecule has 5 nitrogen and oxygen atoms in total. The van der Waals surface area contributed by atoms with Crippen LogP contribution >= 0.6 is 12.2 Å². The van der Waals surface area contributed by atoms with E-state index in [1.54, 1.807) is 6.07 Å². The molecule has 0 fully saturated rings. The van der Waals surface area contributed by atoms with E-state index >= 15 is 0 Å². The summed E-state index contributed by atoms with van der Waals surface area (Å²) in [5, 5.41) is 8.23. The lowest BCUT2D eigenvalue weighted by molar-refractivity contribution is 0.994. The molecule has 0 aliphatic heterocycles. The first-order valence-corrected chi connectivity index (χ1v) is 5.37. The second-order valence-corrected chi connectivity index (χ2v) is 3.72. The third-order valence-electron chi connectivity index (χ3n) is 2.05. The van der Waals surface area contributed by atoms with Crippen molar-refractivity contribution in [2.75, 3.05) is 5.43 Å². The highest BCUT2D eigenvalue weighted by Gasteiger charge is 1.99. The molecule has 0 aliphatic carbocycles. The summed E-state index contributed by atoms with van der Waals surface area (Å²) in [6.07, 6.45) is 0. The van der Waals surface area contributed by atoms with Gasteiger partial charge in [-0.05, 0) is 24.4 Å². The summed E-state index contributed by atoms with van der Waals surface area (Å²) in [7, 11) is 0. The quantitative estimate of drug-likeness (QED) is 0.559. The zero-order chi connectivity index (χ0) is 12.1. The number of anilines is 1. The second kappa shape index (κ2) is 5.22. The van der Waals surface area contributed by atoms with Gasteiger partial charge in [0.1, 0.15) is 0 Å². The van der Waals surface area contributed by atoms with Gasteiger partial charge >= 0.3 is 0 Å². The number of aromatic nitrogens is 2. The molecule has 0 spiro atoms. The van der Waals surface area contributed by atoms with Gasteiger partial charge in [0.25, 0.3) is 0 Å². The number of hydrogen-bond donors (Lipinski definition) is 3. The van der Waals surface area contributed by atoms with Crippen molar-refractivity contribution in [3.05, 3.63) is 42.5 Å². The normalized spacial score (nSPS) is 9.65. The van der Waals surface area contributed by atoms with E-state index in [-0.39, 0.29) is 5.11 Å². The van der Waals surface area contributed by atoms with Gasteiger partial charge in [-0.1, -0.05) is 30.3 Å². The molecule has 2 rings (SSSR count). The van der Waals surface area contributed by atoms with Crippen LogP contribution in [0.3, 0.4) is 0 Å². The van der Waals surface area contributed by atoms with Crippen molar-refractivity contribution in [1.29, 1.82) is 0 Å². The van der Waals surface area contributed by atoms with Gasteiger partial charge in [0, 0.05) is 5.56 Å². The molecule has 1 aromatic carbocycles. The molecular weight excluding hydrogens is 234 g/mol. The first-order chi connectivity index (χ1) is 8.25. The molecule has 0 saturated carbocycles. The van der Waals surface area contributed by atoms with Crippen LogP contribution in [0.5, 0.6) is 0 Å². The molecule has 1 heterocycles. The minimum absolute atomic E-state index is 0.152. The fourth-order valence-electron chi connectivity index (χ4n) is 1.29. The summed E-state index contributed by atoms with van der Waals surface area (Å²) < 4.78 is 0. The minimum Gasteiger partial charge on any atom is -0.375 e. The molecular formula is C11H11N5S. The summed E-state index contributed by atoms with van der Waals surface area (Å²) >= 11 is 4.65. The number of nitrogens with two attached hydrogens (primary N) is 1. The van der Waals surface area contributed by atoms with Crippen LogP contribution in [0, 0.1) is 0 Å². The highest BCUT2D eigenvalue weighted by molar-refractivity contribution is 7.80. The highest BCUT2D eigenvalue weighted by atomic mass is 32.1. The lowest BCUT2D eigenvalue weighted by Crippen LogP contribution is -2.34. The van der Waals surface area contributed by atoms with Crippen molar-refractivity contribution in [1.82, 2.24) is 15.6 Å². The first-order valence-electron chi connectivity index (χ1n) is 4.96. The largest absolute Gasteiger partial charge is 0.375 e. The highest BCUT2D eigenvalue weighted by Crippen LogP contribution is 2.15. The van der Waals surface area contributed by atoms with Gasteiger partial charge < -0.3 is 5.73 Å². The Kier molecular flexibility index (Phi) is 3.46. The van der Waals surface area contributed by atoms with Gasteiger partial charge in [-0.15, -0.1) is 10.2 Å². The zero-order valence-corrected chi connectivity index (χ0v) is 9.74. The van der Waals surface area contributed by atoms with Gasteiger partial charge in [0.15, 0.2) is 10.9 Å². The summed E-state index contributed by atoms with van der Waals surface area (Å²) in [5.41, 5.74) is 12.4. The van der Waals surface area contributed by atoms with Crippen LogP contribution in [0.15, 0.2) is 42.5 Å². The predicted octanol–water partition coefficient (Wildman–Crippen LogP) is 1.30. The molecule has 0 bridgehead atoms. The van der Waals surface area contributed by atoms with E-state index in [0.29, 0.717) is 5.82 Å². The number of hydrazine groups is 1. The van der Waals surface area contributed by atoms with Gasteiger partial charge in [0.05, 0.1) is 5.69 Å². The van der Waals surface area contributed by atoms with Crippen molar-refractivity contribution in [2.24, 2.45) is 5.73 Å². The van der Waals surface area contributed by atoms with Crippen LogP contribution < -0.4 is 16.6 Å². The Labute approximate surface area is 104 Å². The Hall–Kier alpha value is -2.21. The molecule has 0 aliphatic rings. The van der Waals surface area contributed by atoms with Crippen LogP contribution in [-0.4, -0.2) is 15.3 Å². The van der Waals surface area contributed by atoms with Crippen molar-refractivity contribution in [2.45, 2.75) is 0 Å². The summed E-state index contributed by atoms with van der Waals surface area (Å²) in [6.45, 7) is 0. The molecule has 2 aromatic rings. The van der Waals surface area contributed by atoms with Crippen LogP contribution in [0.25, 0.3) is 11.3 Å². The number of thiocarbonyl (C=S) groups is 1. The Bertz CT molecular complexity index is 497. The number of nitrogens with zero attached hydrogens (tertiary/aromatic N) is 2.